The van der Waals surface area contributed by atoms with Gasteiger partial charge in [0.2, 0.25) is 0 Å². The van der Waals surface area contributed by atoms with E-state index >= 15 is 0 Å². The minimum atomic E-state index is 0.0778. The van der Waals surface area contributed by atoms with E-state index in [0.29, 0.717) is 0 Å². The molecule has 114 valence electrons. The molecule has 1 heterocycles. The molecule has 0 radical (unpaired) electrons. The number of benzene rings is 1. The number of nitrogens with one attached hydrogen (secondary N) is 1. The van der Waals surface area contributed by atoms with Crippen LogP contribution in [0.15, 0.2) is 36.5 Å². The van der Waals surface area contributed by atoms with Crippen LogP contribution >= 0.6 is 0 Å². The van der Waals surface area contributed by atoms with Gasteiger partial charge in [0.1, 0.15) is 5.75 Å². The lowest BCUT2D eigenvalue weighted by Crippen LogP contribution is -2.34. The van der Waals surface area contributed by atoms with Crippen molar-refractivity contribution >= 4 is 0 Å². The van der Waals surface area contributed by atoms with Crippen molar-refractivity contribution in [2.24, 2.45) is 5.73 Å². The molecule has 1 unspecified atom stereocenters. The Morgan fingerprint density at radius 3 is 2.57 bits per heavy atom. The molecule has 5 nitrogen and oxygen atoms in total. The van der Waals surface area contributed by atoms with Gasteiger partial charge in [-0.1, -0.05) is 0 Å². The van der Waals surface area contributed by atoms with Gasteiger partial charge in [-0.05, 0) is 51.2 Å². The molecule has 0 saturated carbocycles. The maximum Gasteiger partial charge on any atom is 0.119 e. The lowest BCUT2D eigenvalue weighted by molar-refractivity contribution is 0.242. The number of likely N-dealkylation sites (N-methyl/N-ethyl adjacent to an activating group) is 1. The Morgan fingerprint density at radius 1 is 1.24 bits per heavy atom. The molecule has 0 amide bonds. The van der Waals surface area contributed by atoms with E-state index in [1.54, 1.807) is 6.20 Å². The van der Waals surface area contributed by atoms with Crippen molar-refractivity contribution in [1.29, 1.82) is 0 Å². The molecule has 2 rings (SSSR count). The summed E-state index contributed by atoms with van der Waals surface area (Å²) in [5.74, 6) is 0.870. The third kappa shape index (κ3) is 4.31. The lowest BCUT2D eigenvalue weighted by atomic mass is 10.1. The Morgan fingerprint density at radius 2 is 1.95 bits per heavy atom. The first kappa shape index (κ1) is 15.5. The van der Waals surface area contributed by atoms with Gasteiger partial charge in [-0.3, -0.25) is 0 Å². The lowest BCUT2D eigenvalue weighted by Gasteiger charge is -2.14. The molecule has 0 aliphatic carbocycles. The molecule has 0 aliphatic rings. The Kier molecular flexibility index (Phi) is 5.36. The molecule has 0 fully saturated rings. The van der Waals surface area contributed by atoms with E-state index < -0.39 is 0 Å². The van der Waals surface area contributed by atoms with E-state index in [4.69, 9.17) is 10.5 Å². The molecule has 1 aromatic carbocycles. The molecule has 3 N–H and O–H groups in total. The van der Waals surface area contributed by atoms with Gasteiger partial charge >= 0.3 is 0 Å². The highest BCUT2D eigenvalue weighted by molar-refractivity contribution is 5.38. The van der Waals surface area contributed by atoms with E-state index in [1.165, 1.54) is 0 Å². The fraction of sp³-hybridized carbons (Fsp3) is 0.438. The zero-order valence-electron chi connectivity index (χ0n) is 12.9. The molecule has 0 saturated heterocycles. The summed E-state index contributed by atoms with van der Waals surface area (Å²) in [5.41, 5.74) is 8.20. The molecule has 21 heavy (non-hydrogen) atoms. The van der Waals surface area contributed by atoms with Crippen LogP contribution in [-0.2, 0) is 6.42 Å². The highest BCUT2D eigenvalue weighted by Gasteiger charge is 2.09. The van der Waals surface area contributed by atoms with Crippen molar-refractivity contribution < 1.29 is 4.74 Å². The maximum atomic E-state index is 6.08. The van der Waals surface area contributed by atoms with Gasteiger partial charge in [-0.2, -0.15) is 5.10 Å². The summed E-state index contributed by atoms with van der Waals surface area (Å²) in [7, 11) is 1.91. The van der Waals surface area contributed by atoms with Crippen LogP contribution in [0, 0.1) is 0 Å². The van der Waals surface area contributed by atoms with Crippen molar-refractivity contribution in [2.45, 2.75) is 32.4 Å². The van der Waals surface area contributed by atoms with E-state index in [0.717, 1.165) is 30.1 Å². The SMILES string of the molecule is CNCC(N)Cc1ccnn1-c1ccc(OC(C)C)cc1. The molecular formula is C16H24N4O. The highest BCUT2D eigenvalue weighted by atomic mass is 16.5. The minimum absolute atomic E-state index is 0.0778. The monoisotopic (exact) mass is 288 g/mol. The fourth-order valence-electron chi connectivity index (χ4n) is 2.26. The zero-order chi connectivity index (χ0) is 15.2. The molecular weight excluding hydrogens is 264 g/mol. The normalized spacial score (nSPS) is 12.6. The quantitative estimate of drug-likeness (QED) is 0.814. The number of ether oxygens (including phenoxy) is 1. The Hall–Kier alpha value is -1.85. The van der Waals surface area contributed by atoms with Gasteiger partial charge in [0.05, 0.1) is 11.8 Å². The van der Waals surface area contributed by atoms with Crippen LogP contribution in [0.5, 0.6) is 5.75 Å². The summed E-state index contributed by atoms with van der Waals surface area (Å²) in [4.78, 5) is 0. The van der Waals surface area contributed by atoms with Crippen molar-refractivity contribution in [3.63, 3.8) is 0 Å². The van der Waals surface area contributed by atoms with Gasteiger partial charge in [0, 0.05) is 30.9 Å². The van der Waals surface area contributed by atoms with Gasteiger partial charge in [0.15, 0.2) is 0 Å². The first-order valence-electron chi connectivity index (χ1n) is 7.30. The second-order valence-electron chi connectivity index (χ2n) is 5.42. The fourth-order valence-corrected chi connectivity index (χ4v) is 2.26. The van der Waals surface area contributed by atoms with Crippen LogP contribution in [-0.4, -0.2) is 35.5 Å². The summed E-state index contributed by atoms with van der Waals surface area (Å²) < 4.78 is 7.58. The van der Waals surface area contributed by atoms with E-state index in [1.807, 2.05) is 55.9 Å². The smallest absolute Gasteiger partial charge is 0.119 e. The summed E-state index contributed by atoms with van der Waals surface area (Å²) in [6.45, 7) is 4.82. The number of rotatable bonds is 7. The molecule has 1 aromatic heterocycles. The number of nitrogens with zero attached hydrogens (tertiary/aromatic N) is 2. The van der Waals surface area contributed by atoms with Gasteiger partial charge in [-0.25, -0.2) is 4.68 Å². The second-order valence-corrected chi connectivity index (χ2v) is 5.42. The van der Waals surface area contributed by atoms with Crippen LogP contribution in [0.25, 0.3) is 5.69 Å². The standard InChI is InChI=1S/C16H24N4O/c1-12(2)21-16-6-4-14(5-7-16)20-15(8-9-19-20)10-13(17)11-18-3/h4-9,12-13,18H,10-11,17H2,1-3H3. The van der Waals surface area contributed by atoms with Crippen molar-refractivity contribution in [3.05, 3.63) is 42.2 Å². The third-order valence-electron chi connectivity index (χ3n) is 3.11. The van der Waals surface area contributed by atoms with Crippen LogP contribution in [0.2, 0.25) is 0 Å². The summed E-state index contributed by atoms with van der Waals surface area (Å²) >= 11 is 0. The first-order chi connectivity index (χ1) is 10.1. The predicted molar refractivity (Wildman–Crippen MR) is 84.9 cm³/mol. The summed E-state index contributed by atoms with van der Waals surface area (Å²) in [5, 5.41) is 7.48. The number of aromatic nitrogens is 2. The Balaban J connectivity index is 2.13. The van der Waals surface area contributed by atoms with Crippen molar-refractivity contribution in [1.82, 2.24) is 15.1 Å². The Labute approximate surface area is 126 Å². The van der Waals surface area contributed by atoms with Crippen LogP contribution in [0.4, 0.5) is 0 Å². The van der Waals surface area contributed by atoms with Gasteiger partial charge in [-0.15, -0.1) is 0 Å². The second kappa shape index (κ2) is 7.24. The zero-order valence-corrected chi connectivity index (χ0v) is 12.9. The molecule has 1 atom stereocenters. The van der Waals surface area contributed by atoms with Crippen LogP contribution in [0.1, 0.15) is 19.5 Å². The average Bonchev–Trinajstić information content (AvgIpc) is 2.87. The predicted octanol–water partition coefficient (Wildman–Crippen LogP) is 1.75. The number of nitrogens with two attached hydrogens (primary N) is 1. The van der Waals surface area contributed by atoms with Crippen molar-refractivity contribution in [2.75, 3.05) is 13.6 Å². The number of hydrogen-bond acceptors (Lipinski definition) is 4. The first-order valence-corrected chi connectivity index (χ1v) is 7.30. The maximum absolute atomic E-state index is 6.08. The van der Waals surface area contributed by atoms with Gasteiger partial charge < -0.3 is 15.8 Å². The van der Waals surface area contributed by atoms with E-state index in [-0.39, 0.29) is 12.1 Å². The van der Waals surface area contributed by atoms with Gasteiger partial charge in [0.25, 0.3) is 0 Å². The molecule has 2 aromatic rings. The third-order valence-corrected chi connectivity index (χ3v) is 3.11. The number of hydrogen-bond donors (Lipinski definition) is 2. The average molecular weight is 288 g/mol. The summed E-state index contributed by atoms with van der Waals surface area (Å²) in [6, 6.07) is 10.0. The largest absolute Gasteiger partial charge is 0.491 e. The summed E-state index contributed by atoms with van der Waals surface area (Å²) in [6.07, 6.45) is 2.76. The molecule has 0 bridgehead atoms. The van der Waals surface area contributed by atoms with Crippen molar-refractivity contribution in [3.8, 4) is 11.4 Å². The molecule has 0 spiro atoms. The highest BCUT2D eigenvalue weighted by Crippen LogP contribution is 2.18. The molecule has 5 heteroatoms. The Bertz CT molecular complexity index is 548. The van der Waals surface area contributed by atoms with Crippen LogP contribution in [0.3, 0.4) is 0 Å². The topological polar surface area (TPSA) is 65.1 Å². The minimum Gasteiger partial charge on any atom is -0.491 e. The van der Waals surface area contributed by atoms with E-state index in [9.17, 15) is 0 Å². The van der Waals surface area contributed by atoms with Crippen LogP contribution < -0.4 is 15.8 Å². The van der Waals surface area contributed by atoms with E-state index in [2.05, 4.69) is 10.4 Å². The molecule has 0 aliphatic heterocycles.